The van der Waals surface area contributed by atoms with Gasteiger partial charge in [-0.1, -0.05) is 18.2 Å². The standard InChI is InChI=1S/C10H8O2S/c11-6-9(12)8-3-1-2-7-4-5-13-10(7)8/h1-6,9,12H. The van der Waals surface area contributed by atoms with Crippen molar-refractivity contribution in [1.29, 1.82) is 0 Å². The van der Waals surface area contributed by atoms with Gasteiger partial charge in [-0.05, 0) is 16.8 Å². The SMILES string of the molecule is O=CC(O)c1cccc2ccsc12. The number of benzene rings is 1. The Balaban J connectivity index is 2.67. The van der Waals surface area contributed by atoms with E-state index in [1.807, 2.05) is 23.6 Å². The molecular formula is C10H8O2S. The molecule has 1 N–H and O–H groups in total. The largest absolute Gasteiger partial charge is 0.381 e. The molecule has 0 aliphatic heterocycles. The van der Waals surface area contributed by atoms with E-state index in [4.69, 9.17) is 0 Å². The summed E-state index contributed by atoms with van der Waals surface area (Å²) < 4.78 is 0.988. The molecule has 0 amide bonds. The Labute approximate surface area is 79.4 Å². The van der Waals surface area contributed by atoms with Crippen molar-refractivity contribution in [3.05, 3.63) is 35.2 Å². The van der Waals surface area contributed by atoms with Crippen LogP contribution >= 0.6 is 11.3 Å². The van der Waals surface area contributed by atoms with E-state index in [9.17, 15) is 9.90 Å². The van der Waals surface area contributed by atoms with Crippen LogP contribution in [0.4, 0.5) is 0 Å². The second-order valence-corrected chi connectivity index (χ2v) is 3.68. The van der Waals surface area contributed by atoms with Crippen molar-refractivity contribution in [2.45, 2.75) is 6.10 Å². The van der Waals surface area contributed by atoms with E-state index in [1.54, 1.807) is 6.07 Å². The maximum absolute atomic E-state index is 10.4. The quantitative estimate of drug-likeness (QED) is 0.740. The minimum Gasteiger partial charge on any atom is -0.381 e. The third-order valence-electron chi connectivity index (χ3n) is 1.96. The topological polar surface area (TPSA) is 37.3 Å². The van der Waals surface area contributed by atoms with Crippen LogP contribution in [-0.2, 0) is 4.79 Å². The summed E-state index contributed by atoms with van der Waals surface area (Å²) >= 11 is 1.54. The Morgan fingerprint density at radius 3 is 3.00 bits per heavy atom. The maximum Gasteiger partial charge on any atom is 0.153 e. The summed E-state index contributed by atoms with van der Waals surface area (Å²) in [6, 6.07) is 7.56. The van der Waals surface area contributed by atoms with Gasteiger partial charge in [0.1, 0.15) is 6.10 Å². The molecule has 3 heteroatoms. The lowest BCUT2D eigenvalue weighted by atomic mass is 10.1. The van der Waals surface area contributed by atoms with Gasteiger partial charge in [0, 0.05) is 10.3 Å². The van der Waals surface area contributed by atoms with Crippen LogP contribution in [0.3, 0.4) is 0 Å². The average Bonchev–Trinajstić information content (AvgIpc) is 2.63. The molecule has 2 nitrogen and oxygen atoms in total. The molecule has 66 valence electrons. The fraction of sp³-hybridized carbons (Fsp3) is 0.100. The van der Waals surface area contributed by atoms with Crippen molar-refractivity contribution >= 4 is 27.7 Å². The summed E-state index contributed by atoms with van der Waals surface area (Å²) in [5, 5.41) is 12.4. The van der Waals surface area contributed by atoms with Crippen molar-refractivity contribution in [2.24, 2.45) is 0 Å². The van der Waals surface area contributed by atoms with Crippen LogP contribution in [0.15, 0.2) is 29.6 Å². The normalized spacial score (nSPS) is 13.0. The monoisotopic (exact) mass is 192 g/mol. The molecular weight excluding hydrogens is 184 g/mol. The van der Waals surface area contributed by atoms with Gasteiger partial charge in [0.05, 0.1) is 0 Å². The van der Waals surface area contributed by atoms with Crippen LogP contribution in [0.5, 0.6) is 0 Å². The van der Waals surface area contributed by atoms with Gasteiger partial charge in [0.15, 0.2) is 6.29 Å². The smallest absolute Gasteiger partial charge is 0.153 e. The molecule has 1 unspecified atom stereocenters. The Bertz CT molecular complexity index is 433. The van der Waals surface area contributed by atoms with E-state index in [0.717, 1.165) is 10.1 Å². The zero-order valence-corrected chi connectivity index (χ0v) is 7.62. The highest BCUT2D eigenvalue weighted by molar-refractivity contribution is 7.17. The van der Waals surface area contributed by atoms with Crippen LogP contribution in [-0.4, -0.2) is 11.4 Å². The predicted molar refractivity (Wildman–Crippen MR) is 52.8 cm³/mol. The lowest BCUT2D eigenvalue weighted by molar-refractivity contribution is -0.115. The van der Waals surface area contributed by atoms with Gasteiger partial charge in [0.25, 0.3) is 0 Å². The minimum absolute atomic E-state index is 0.550. The number of thiophene rings is 1. The number of rotatable bonds is 2. The van der Waals surface area contributed by atoms with Gasteiger partial charge in [-0.3, -0.25) is 0 Å². The van der Waals surface area contributed by atoms with Crippen molar-refractivity contribution in [3.63, 3.8) is 0 Å². The summed E-state index contributed by atoms with van der Waals surface area (Å²) in [5.41, 5.74) is 0.697. The number of hydrogen-bond donors (Lipinski definition) is 1. The number of aliphatic hydroxyl groups is 1. The third-order valence-corrected chi connectivity index (χ3v) is 2.94. The fourth-order valence-corrected chi connectivity index (χ4v) is 2.27. The zero-order chi connectivity index (χ0) is 9.26. The number of carbonyl (C=O) groups excluding carboxylic acids is 1. The van der Waals surface area contributed by atoms with E-state index in [0.29, 0.717) is 11.8 Å². The lowest BCUT2D eigenvalue weighted by Crippen LogP contribution is -1.97. The Morgan fingerprint density at radius 2 is 2.23 bits per heavy atom. The molecule has 0 aliphatic carbocycles. The molecule has 1 atom stereocenters. The molecule has 2 rings (SSSR count). The van der Waals surface area contributed by atoms with Gasteiger partial charge in [-0.15, -0.1) is 11.3 Å². The van der Waals surface area contributed by atoms with E-state index < -0.39 is 6.10 Å². The van der Waals surface area contributed by atoms with Crippen LogP contribution in [0.1, 0.15) is 11.7 Å². The van der Waals surface area contributed by atoms with Crippen molar-refractivity contribution in [3.8, 4) is 0 Å². The van der Waals surface area contributed by atoms with Crippen LogP contribution in [0.2, 0.25) is 0 Å². The number of aliphatic hydroxyl groups excluding tert-OH is 1. The van der Waals surface area contributed by atoms with E-state index >= 15 is 0 Å². The first kappa shape index (κ1) is 8.41. The minimum atomic E-state index is -0.998. The third kappa shape index (κ3) is 1.36. The van der Waals surface area contributed by atoms with Gasteiger partial charge >= 0.3 is 0 Å². The van der Waals surface area contributed by atoms with Gasteiger partial charge < -0.3 is 9.90 Å². The molecule has 1 aromatic carbocycles. The van der Waals surface area contributed by atoms with E-state index in [1.165, 1.54) is 11.3 Å². The highest BCUT2D eigenvalue weighted by Crippen LogP contribution is 2.27. The predicted octanol–water partition coefficient (Wildman–Crippen LogP) is 2.13. The number of fused-ring (bicyclic) bond motifs is 1. The number of hydrogen-bond acceptors (Lipinski definition) is 3. The van der Waals surface area contributed by atoms with Gasteiger partial charge in [-0.2, -0.15) is 0 Å². The highest BCUT2D eigenvalue weighted by atomic mass is 32.1. The first-order valence-electron chi connectivity index (χ1n) is 3.92. The molecule has 13 heavy (non-hydrogen) atoms. The van der Waals surface area contributed by atoms with Crippen LogP contribution in [0, 0.1) is 0 Å². The molecule has 0 bridgehead atoms. The van der Waals surface area contributed by atoms with Crippen molar-refractivity contribution in [2.75, 3.05) is 0 Å². The van der Waals surface area contributed by atoms with Gasteiger partial charge in [-0.25, -0.2) is 0 Å². The van der Waals surface area contributed by atoms with Crippen molar-refractivity contribution < 1.29 is 9.90 Å². The second kappa shape index (κ2) is 3.28. The Hall–Kier alpha value is -1.19. The van der Waals surface area contributed by atoms with Crippen molar-refractivity contribution in [1.82, 2.24) is 0 Å². The molecule has 1 heterocycles. The molecule has 2 aromatic rings. The number of carbonyl (C=O) groups is 1. The van der Waals surface area contributed by atoms with E-state index in [2.05, 4.69) is 0 Å². The maximum atomic E-state index is 10.4. The summed E-state index contributed by atoms with van der Waals surface area (Å²) in [5.74, 6) is 0. The summed E-state index contributed by atoms with van der Waals surface area (Å²) in [6.45, 7) is 0. The fourth-order valence-electron chi connectivity index (χ4n) is 1.32. The molecule has 0 spiro atoms. The average molecular weight is 192 g/mol. The first-order chi connectivity index (χ1) is 6.33. The summed E-state index contributed by atoms with van der Waals surface area (Å²) in [4.78, 5) is 10.4. The lowest BCUT2D eigenvalue weighted by Gasteiger charge is -2.03. The summed E-state index contributed by atoms with van der Waals surface area (Å²) in [6.07, 6.45) is -0.448. The highest BCUT2D eigenvalue weighted by Gasteiger charge is 2.09. The Kier molecular flexibility index (Phi) is 2.12. The molecule has 0 saturated heterocycles. The second-order valence-electron chi connectivity index (χ2n) is 2.77. The molecule has 1 aromatic heterocycles. The van der Waals surface area contributed by atoms with Crippen LogP contribution in [0.25, 0.3) is 10.1 Å². The Morgan fingerprint density at radius 1 is 1.38 bits per heavy atom. The zero-order valence-electron chi connectivity index (χ0n) is 6.81. The molecule has 0 saturated carbocycles. The number of aldehydes is 1. The molecule has 0 radical (unpaired) electrons. The van der Waals surface area contributed by atoms with Crippen LogP contribution < -0.4 is 0 Å². The summed E-state index contributed by atoms with van der Waals surface area (Å²) in [7, 11) is 0. The molecule has 0 aliphatic rings. The van der Waals surface area contributed by atoms with Gasteiger partial charge in [0.2, 0.25) is 0 Å². The van der Waals surface area contributed by atoms with E-state index in [-0.39, 0.29) is 0 Å². The first-order valence-corrected chi connectivity index (χ1v) is 4.80. The molecule has 0 fully saturated rings.